The normalized spacial score (nSPS) is 17.7. The van der Waals surface area contributed by atoms with Crippen LogP contribution in [0.15, 0.2) is 54.7 Å². The number of ether oxygens (including phenoxy) is 1. The maximum absolute atomic E-state index is 13.9. The number of alkyl halides is 3. The molecular weight excluding hydrogens is 435 g/mol. The molecule has 174 valence electrons. The lowest BCUT2D eigenvalue weighted by molar-refractivity contribution is -0.173. The van der Waals surface area contributed by atoms with E-state index in [1.807, 2.05) is 12.1 Å². The van der Waals surface area contributed by atoms with Crippen LogP contribution in [-0.4, -0.2) is 52.5 Å². The highest BCUT2D eigenvalue weighted by molar-refractivity contribution is 5.93. The molecule has 0 saturated carbocycles. The SMILES string of the molecule is COc1ccc([C@H]2C[C@H](C(F)(F)F)n3nc(C(=O)N(C)CCc4ccccn4)cc3N2)cc1. The average molecular weight is 459 g/mol. The molecule has 1 amide bonds. The van der Waals surface area contributed by atoms with E-state index in [1.54, 1.807) is 43.6 Å². The Hall–Kier alpha value is -3.56. The molecule has 1 N–H and O–H groups in total. The summed E-state index contributed by atoms with van der Waals surface area (Å²) in [6, 6.07) is 11.3. The van der Waals surface area contributed by atoms with Gasteiger partial charge in [-0.25, -0.2) is 4.68 Å². The van der Waals surface area contributed by atoms with Gasteiger partial charge in [0.25, 0.3) is 5.91 Å². The summed E-state index contributed by atoms with van der Waals surface area (Å²) in [5, 5.41) is 7.14. The number of hydrogen-bond donors (Lipinski definition) is 1. The third kappa shape index (κ3) is 4.94. The number of methoxy groups -OCH3 is 1. The molecule has 2 aromatic heterocycles. The van der Waals surface area contributed by atoms with Crippen molar-refractivity contribution >= 4 is 11.7 Å². The van der Waals surface area contributed by atoms with Gasteiger partial charge >= 0.3 is 6.18 Å². The fourth-order valence-corrected chi connectivity index (χ4v) is 3.86. The van der Waals surface area contributed by atoms with Crippen molar-refractivity contribution in [2.24, 2.45) is 0 Å². The highest BCUT2D eigenvalue weighted by atomic mass is 19.4. The van der Waals surface area contributed by atoms with Gasteiger partial charge < -0.3 is 15.0 Å². The number of amides is 1. The summed E-state index contributed by atoms with van der Waals surface area (Å²) in [6.07, 6.45) is -2.56. The van der Waals surface area contributed by atoms with Crippen LogP contribution in [0.5, 0.6) is 5.75 Å². The lowest BCUT2D eigenvalue weighted by Gasteiger charge is -2.33. The van der Waals surface area contributed by atoms with Crippen molar-refractivity contribution in [3.8, 4) is 5.75 Å². The number of aromatic nitrogens is 3. The van der Waals surface area contributed by atoms with Crippen LogP contribution in [0.3, 0.4) is 0 Å². The minimum atomic E-state index is -4.52. The van der Waals surface area contributed by atoms with Crippen molar-refractivity contribution in [3.05, 3.63) is 71.7 Å². The summed E-state index contributed by atoms with van der Waals surface area (Å²) in [6.45, 7) is 0.364. The van der Waals surface area contributed by atoms with Crippen molar-refractivity contribution in [2.75, 3.05) is 26.0 Å². The minimum Gasteiger partial charge on any atom is -0.497 e. The third-order valence-corrected chi connectivity index (χ3v) is 5.70. The van der Waals surface area contributed by atoms with E-state index in [9.17, 15) is 18.0 Å². The van der Waals surface area contributed by atoms with E-state index in [0.29, 0.717) is 24.3 Å². The van der Waals surface area contributed by atoms with Gasteiger partial charge in [-0.05, 0) is 29.8 Å². The number of benzene rings is 1. The smallest absolute Gasteiger partial charge is 0.410 e. The van der Waals surface area contributed by atoms with Crippen LogP contribution < -0.4 is 10.1 Å². The zero-order chi connectivity index (χ0) is 23.6. The summed E-state index contributed by atoms with van der Waals surface area (Å²) in [5.41, 5.74) is 1.48. The molecule has 3 heterocycles. The molecule has 0 unspecified atom stereocenters. The van der Waals surface area contributed by atoms with Crippen molar-refractivity contribution in [3.63, 3.8) is 0 Å². The van der Waals surface area contributed by atoms with Gasteiger partial charge in [-0.3, -0.25) is 9.78 Å². The fraction of sp³-hybridized carbons (Fsp3) is 0.348. The van der Waals surface area contributed by atoms with Crippen molar-refractivity contribution < 1.29 is 22.7 Å². The fourth-order valence-electron chi connectivity index (χ4n) is 3.86. The first-order chi connectivity index (χ1) is 15.8. The molecule has 0 saturated heterocycles. The summed E-state index contributed by atoms with van der Waals surface area (Å²) in [5.74, 6) is 0.330. The molecule has 0 spiro atoms. The van der Waals surface area contributed by atoms with E-state index in [-0.39, 0.29) is 17.9 Å². The average Bonchev–Trinajstić information content (AvgIpc) is 3.25. The van der Waals surface area contributed by atoms with Gasteiger partial charge in [-0.1, -0.05) is 18.2 Å². The predicted octanol–water partition coefficient (Wildman–Crippen LogP) is 4.26. The summed E-state index contributed by atoms with van der Waals surface area (Å²) < 4.78 is 47.7. The molecule has 2 atom stereocenters. The van der Waals surface area contributed by atoms with Crippen LogP contribution in [0.4, 0.5) is 19.0 Å². The number of likely N-dealkylation sites (N-methyl/N-ethyl adjacent to an activating group) is 1. The molecule has 0 aliphatic carbocycles. The Morgan fingerprint density at radius 3 is 2.64 bits per heavy atom. The van der Waals surface area contributed by atoms with Gasteiger partial charge in [0, 0.05) is 44.4 Å². The number of halogens is 3. The van der Waals surface area contributed by atoms with E-state index >= 15 is 0 Å². The molecule has 4 rings (SSSR count). The molecule has 7 nitrogen and oxygen atoms in total. The van der Waals surface area contributed by atoms with E-state index in [0.717, 1.165) is 10.4 Å². The Morgan fingerprint density at radius 2 is 2.00 bits per heavy atom. The molecular formula is C23H24F3N5O2. The number of fused-ring (bicyclic) bond motifs is 1. The lowest BCUT2D eigenvalue weighted by atomic mass is 9.97. The van der Waals surface area contributed by atoms with Crippen LogP contribution in [0.2, 0.25) is 0 Å². The van der Waals surface area contributed by atoms with E-state index < -0.39 is 24.2 Å². The second-order valence-corrected chi connectivity index (χ2v) is 7.92. The van der Waals surface area contributed by atoms with E-state index in [2.05, 4.69) is 15.4 Å². The first kappa shape index (κ1) is 22.6. The van der Waals surface area contributed by atoms with Crippen molar-refractivity contribution in [2.45, 2.75) is 31.1 Å². The Bertz CT molecular complexity index is 1100. The standard InChI is InChI=1S/C23H24F3N5O2/c1-30(12-10-16-5-3-4-11-27-16)22(32)19-14-21-28-18(15-6-8-17(33-2)9-7-15)13-20(23(24,25)26)31(21)29-19/h3-9,11,14,18,20,28H,10,12-13H2,1-2H3/t18-,20-/m1/s1. The number of nitrogens with zero attached hydrogens (tertiary/aromatic N) is 4. The second-order valence-electron chi connectivity index (χ2n) is 7.92. The van der Waals surface area contributed by atoms with Crippen LogP contribution in [-0.2, 0) is 6.42 Å². The van der Waals surface area contributed by atoms with Crippen LogP contribution in [0, 0.1) is 0 Å². The zero-order valence-corrected chi connectivity index (χ0v) is 18.2. The molecule has 10 heteroatoms. The predicted molar refractivity (Wildman–Crippen MR) is 116 cm³/mol. The van der Waals surface area contributed by atoms with Gasteiger partial charge in [-0.2, -0.15) is 18.3 Å². The highest BCUT2D eigenvalue weighted by Crippen LogP contribution is 2.43. The lowest BCUT2D eigenvalue weighted by Crippen LogP contribution is -2.36. The Labute approximate surface area is 189 Å². The quantitative estimate of drug-likeness (QED) is 0.596. The number of anilines is 1. The minimum absolute atomic E-state index is 0.0364. The molecule has 0 bridgehead atoms. The van der Waals surface area contributed by atoms with Gasteiger partial charge in [0.15, 0.2) is 11.7 Å². The zero-order valence-electron chi connectivity index (χ0n) is 18.2. The van der Waals surface area contributed by atoms with Gasteiger partial charge in [0.1, 0.15) is 11.6 Å². The van der Waals surface area contributed by atoms with Crippen molar-refractivity contribution in [1.29, 1.82) is 0 Å². The topological polar surface area (TPSA) is 72.3 Å². The molecule has 0 fully saturated rings. The van der Waals surface area contributed by atoms with Gasteiger partial charge in [-0.15, -0.1) is 0 Å². The van der Waals surface area contributed by atoms with E-state index in [1.165, 1.54) is 18.1 Å². The van der Waals surface area contributed by atoms with Crippen LogP contribution in [0.1, 0.15) is 40.3 Å². The molecule has 1 aromatic carbocycles. The maximum atomic E-state index is 13.9. The van der Waals surface area contributed by atoms with Gasteiger partial charge in [0.2, 0.25) is 0 Å². The molecule has 1 aliphatic rings. The summed E-state index contributed by atoms with van der Waals surface area (Å²) in [7, 11) is 3.12. The summed E-state index contributed by atoms with van der Waals surface area (Å²) in [4.78, 5) is 18.5. The van der Waals surface area contributed by atoms with Crippen molar-refractivity contribution in [1.82, 2.24) is 19.7 Å². The summed E-state index contributed by atoms with van der Waals surface area (Å²) >= 11 is 0. The van der Waals surface area contributed by atoms with Crippen LogP contribution in [0.25, 0.3) is 0 Å². The largest absolute Gasteiger partial charge is 0.497 e. The number of nitrogens with one attached hydrogen (secondary N) is 1. The Kier molecular flexibility index (Phi) is 6.26. The van der Waals surface area contributed by atoms with Crippen LogP contribution >= 0.6 is 0 Å². The van der Waals surface area contributed by atoms with E-state index in [4.69, 9.17) is 4.74 Å². The highest BCUT2D eigenvalue weighted by Gasteiger charge is 2.46. The number of carbonyl (C=O) groups is 1. The first-order valence-corrected chi connectivity index (χ1v) is 10.5. The monoisotopic (exact) mass is 459 g/mol. The number of carbonyl (C=O) groups excluding carboxylic acids is 1. The second kappa shape index (κ2) is 9.13. The first-order valence-electron chi connectivity index (χ1n) is 10.5. The third-order valence-electron chi connectivity index (χ3n) is 5.70. The number of hydrogen-bond acceptors (Lipinski definition) is 5. The number of pyridine rings is 1. The molecule has 3 aromatic rings. The Balaban J connectivity index is 1.55. The Morgan fingerprint density at radius 1 is 1.24 bits per heavy atom. The molecule has 0 radical (unpaired) electrons. The maximum Gasteiger partial charge on any atom is 0.410 e. The van der Waals surface area contributed by atoms with Gasteiger partial charge in [0.05, 0.1) is 13.2 Å². The molecule has 1 aliphatic heterocycles. The molecule has 33 heavy (non-hydrogen) atoms. The number of rotatable bonds is 6.